The number of halogens is 1. The Hall–Kier alpha value is -0.575. The SMILES string of the molecule is CB[n+]1ccc2ccccc2c1.[I-]. The molecule has 1 aromatic heterocycles. The molecule has 0 atom stereocenters. The van der Waals surface area contributed by atoms with E-state index in [1.807, 2.05) is 0 Å². The van der Waals surface area contributed by atoms with Crippen LogP contribution in [0.15, 0.2) is 42.7 Å². The fraction of sp³-hybridized carbons (Fsp3) is 0.100. The van der Waals surface area contributed by atoms with E-state index in [2.05, 4.69) is 54.0 Å². The van der Waals surface area contributed by atoms with Crippen molar-refractivity contribution in [2.24, 2.45) is 0 Å². The Morgan fingerprint density at radius 3 is 2.46 bits per heavy atom. The molecule has 0 amide bonds. The minimum absolute atomic E-state index is 0. The first-order valence-electron chi connectivity index (χ1n) is 4.28. The maximum Gasteiger partial charge on any atom is 0.469 e. The van der Waals surface area contributed by atoms with Crippen LogP contribution < -0.4 is 28.5 Å². The van der Waals surface area contributed by atoms with Crippen molar-refractivity contribution in [1.29, 1.82) is 0 Å². The molecule has 0 aliphatic rings. The molecule has 1 nitrogen and oxygen atoms in total. The van der Waals surface area contributed by atoms with E-state index in [9.17, 15) is 0 Å². The minimum atomic E-state index is 0. The highest BCUT2D eigenvalue weighted by Gasteiger charge is 1.99. The van der Waals surface area contributed by atoms with Crippen molar-refractivity contribution in [3.63, 3.8) is 0 Å². The number of nitrogens with zero attached hydrogens (tertiary/aromatic N) is 1. The summed E-state index contributed by atoms with van der Waals surface area (Å²) < 4.78 is 2.18. The van der Waals surface area contributed by atoms with Gasteiger partial charge >= 0.3 is 7.41 Å². The van der Waals surface area contributed by atoms with E-state index in [0.29, 0.717) is 0 Å². The minimum Gasteiger partial charge on any atom is -1.00 e. The number of benzene rings is 1. The number of rotatable bonds is 1. The van der Waals surface area contributed by atoms with Gasteiger partial charge in [-0.25, -0.2) is 0 Å². The van der Waals surface area contributed by atoms with Crippen molar-refractivity contribution in [2.75, 3.05) is 0 Å². The number of fused-ring (bicyclic) bond motifs is 1. The van der Waals surface area contributed by atoms with Crippen LogP contribution in [-0.4, -0.2) is 7.41 Å². The summed E-state index contributed by atoms with van der Waals surface area (Å²) in [7, 11) is 1.03. The van der Waals surface area contributed by atoms with Gasteiger partial charge < -0.3 is 24.0 Å². The molecule has 2 aromatic rings. The van der Waals surface area contributed by atoms with E-state index in [1.54, 1.807) is 0 Å². The zero-order valence-corrected chi connectivity index (χ0v) is 9.73. The Balaban J connectivity index is 0.000000845. The standard InChI is InChI=1S/C10H11BN.HI/c1-11-12-7-6-9-4-2-3-5-10(9)8-12;/h2-8,11H,1H3;1H/q+1;/p-1. The molecule has 1 aromatic carbocycles. The van der Waals surface area contributed by atoms with Crippen LogP contribution >= 0.6 is 0 Å². The molecular weight excluding hydrogens is 272 g/mol. The Kier molecular flexibility index (Phi) is 3.72. The highest BCUT2D eigenvalue weighted by molar-refractivity contribution is 6.22. The second-order valence-corrected chi connectivity index (χ2v) is 2.90. The zero-order chi connectivity index (χ0) is 8.39. The Bertz CT molecular complexity index is 403. The van der Waals surface area contributed by atoms with Crippen molar-refractivity contribution in [3.8, 4) is 0 Å². The third-order valence-corrected chi connectivity index (χ3v) is 2.11. The third kappa shape index (κ3) is 2.21. The predicted molar refractivity (Wildman–Crippen MR) is 52.6 cm³/mol. The van der Waals surface area contributed by atoms with Crippen LogP contribution in [0.1, 0.15) is 0 Å². The molecule has 0 radical (unpaired) electrons. The molecule has 66 valence electrons. The van der Waals surface area contributed by atoms with Gasteiger partial charge in [0.2, 0.25) is 0 Å². The summed E-state index contributed by atoms with van der Waals surface area (Å²) in [4.78, 5) is 0. The summed E-state index contributed by atoms with van der Waals surface area (Å²) in [5.41, 5.74) is 0. The first-order chi connectivity index (χ1) is 5.90. The van der Waals surface area contributed by atoms with E-state index >= 15 is 0 Å². The van der Waals surface area contributed by atoms with Gasteiger partial charge in [0.15, 0.2) is 6.20 Å². The molecule has 1 heterocycles. The van der Waals surface area contributed by atoms with Crippen LogP contribution in [0.3, 0.4) is 0 Å². The molecule has 0 saturated carbocycles. The molecule has 3 heteroatoms. The number of pyridine rings is 1. The van der Waals surface area contributed by atoms with Gasteiger partial charge in [-0.15, -0.1) is 0 Å². The third-order valence-electron chi connectivity index (χ3n) is 2.11. The maximum atomic E-state index is 2.18. The zero-order valence-electron chi connectivity index (χ0n) is 7.57. The van der Waals surface area contributed by atoms with Gasteiger partial charge in [-0.1, -0.05) is 18.2 Å². The summed E-state index contributed by atoms with van der Waals surface area (Å²) in [5.74, 6) is 0. The molecule has 0 fully saturated rings. The monoisotopic (exact) mass is 283 g/mol. The fourth-order valence-corrected chi connectivity index (χ4v) is 1.37. The maximum absolute atomic E-state index is 2.18. The van der Waals surface area contributed by atoms with E-state index in [-0.39, 0.29) is 24.0 Å². The molecular formula is C10H11BIN. The lowest BCUT2D eigenvalue weighted by molar-refractivity contribution is -0.527. The highest BCUT2D eigenvalue weighted by atomic mass is 127. The average Bonchev–Trinajstić information content (AvgIpc) is 2.17. The van der Waals surface area contributed by atoms with Crippen molar-refractivity contribution in [3.05, 3.63) is 42.7 Å². The second-order valence-electron chi connectivity index (χ2n) is 2.90. The normalized spacial score (nSPS) is 9.31. The van der Waals surface area contributed by atoms with Crippen molar-refractivity contribution < 1.29 is 28.5 Å². The molecule has 0 aliphatic heterocycles. The van der Waals surface area contributed by atoms with Crippen molar-refractivity contribution >= 4 is 18.2 Å². The number of hydrogen-bond donors (Lipinski definition) is 0. The van der Waals surface area contributed by atoms with Gasteiger partial charge in [0, 0.05) is 11.5 Å². The van der Waals surface area contributed by atoms with Crippen LogP contribution in [0.25, 0.3) is 10.8 Å². The summed E-state index contributed by atoms with van der Waals surface area (Å²) >= 11 is 0. The lowest BCUT2D eigenvalue weighted by Gasteiger charge is -1.95. The first kappa shape index (κ1) is 10.5. The summed E-state index contributed by atoms with van der Waals surface area (Å²) in [6.07, 6.45) is 4.29. The van der Waals surface area contributed by atoms with Crippen molar-refractivity contribution in [2.45, 2.75) is 6.82 Å². The first-order valence-corrected chi connectivity index (χ1v) is 4.28. The lowest BCUT2D eigenvalue weighted by atomic mass is 9.99. The lowest BCUT2D eigenvalue weighted by Crippen LogP contribution is -3.00. The van der Waals surface area contributed by atoms with Crippen LogP contribution in [0.5, 0.6) is 0 Å². The molecule has 0 unspecified atom stereocenters. The molecule has 13 heavy (non-hydrogen) atoms. The summed E-state index contributed by atoms with van der Waals surface area (Å²) in [5, 5.41) is 2.61. The van der Waals surface area contributed by atoms with Crippen molar-refractivity contribution in [1.82, 2.24) is 0 Å². The van der Waals surface area contributed by atoms with Crippen LogP contribution in [0.2, 0.25) is 6.82 Å². The Morgan fingerprint density at radius 2 is 1.77 bits per heavy atom. The second kappa shape index (κ2) is 4.60. The Morgan fingerprint density at radius 1 is 1.08 bits per heavy atom. The van der Waals surface area contributed by atoms with Crippen LogP contribution in [-0.2, 0) is 0 Å². The Labute approximate surface area is 96.1 Å². The number of aromatic nitrogens is 1. The molecule has 0 bridgehead atoms. The largest absolute Gasteiger partial charge is 1.00 e. The van der Waals surface area contributed by atoms with E-state index in [0.717, 1.165) is 7.41 Å². The van der Waals surface area contributed by atoms with Crippen LogP contribution in [0, 0.1) is 0 Å². The van der Waals surface area contributed by atoms with E-state index < -0.39 is 0 Å². The van der Waals surface area contributed by atoms with Gasteiger partial charge in [0.05, 0.1) is 0 Å². The molecule has 0 saturated heterocycles. The highest BCUT2D eigenvalue weighted by Crippen LogP contribution is 2.08. The van der Waals surface area contributed by atoms with E-state index in [4.69, 9.17) is 0 Å². The molecule has 0 N–H and O–H groups in total. The fourth-order valence-electron chi connectivity index (χ4n) is 1.37. The smallest absolute Gasteiger partial charge is 0.469 e. The number of hydrogen-bond acceptors (Lipinski definition) is 0. The predicted octanol–water partition coefficient (Wildman–Crippen LogP) is -1.62. The van der Waals surface area contributed by atoms with E-state index in [1.165, 1.54) is 10.8 Å². The molecule has 0 aliphatic carbocycles. The topological polar surface area (TPSA) is 3.88 Å². The molecule has 0 spiro atoms. The molecule has 2 rings (SSSR count). The van der Waals surface area contributed by atoms with Crippen LogP contribution in [0.4, 0.5) is 0 Å². The van der Waals surface area contributed by atoms with Gasteiger partial charge in [0.25, 0.3) is 0 Å². The quantitative estimate of drug-likeness (QED) is 0.437. The average molecular weight is 283 g/mol. The van der Waals surface area contributed by atoms with Gasteiger partial charge in [-0.3, -0.25) is 4.48 Å². The van der Waals surface area contributed by atoms with Gasteiger partial charge in [-0.05, 0) is 18.3 Å². The van der Waals surface area contributed by atoms with Gasteiger partial charge in [0.1, 0.15) is 6.20 Å². The summed E-state index contributed by atoms with van der Waals surface area (Å²) in [6.45, 7) is 2.15. The van der Waals surface area contributed by atoms with Gasteiger partial charge in [-0.2, -0.15) is 0 Å². The summed E-state index contributed by atoms with van der Waals surface area (Å²) in [6, 6.07) is 10.6.